The third kappa shape index (κ3) is 6.83. The molecule has 2 aromatic carbocycles. The van der Waals surface area contributed by atoms with Crippen molar-refractivity contribution in [3.05, 3.63) is 58.8 Å². The van der Waals surface area contributed by atoms with E-state index in [0.717, 1.165) is 6.42 Å². The molecule has 0 saturated heterocycles. The summed E-state index contributed by atoms with van der Waals surface area (Å²) in [5.41, 5.74) is 1.23. The maximum Gasteiger partial charge on any atom is 0.323 e. The van der Waals surface area contributed by atoms with E-state index < -0.39 is 37.0 Å². The molecule has 0 aliphatic rings. The average molecular weight is 477 g/mol. The number of hydrogen-bond donors (Lipinski definition) is 7. The Balaban J connectivity index is 0.000000249. The number of nitrogens with one attached hydrogen (secondary N) is 1. The van der Waals surface area contributed by atoms with Crippen LogP contribution in [0.25, 0.3) is 21.8 Å². The normalized spacial score (nSPS) is 14.8. The summed E-state index contributed by atoms with van der Waals surface area (Å²) >= 11 is 0. The summed E-state index contributed by atoms with van der Waals surface area (Å²) in [7, 11) is 0. The molecule has 7 N–H and O–H groups in total. The van der Waals surface area contributed by atoms with Crippen molar-refractivity contribution in [2.45, 2.75) is 44.3 Å². The standard InChI is InChI=1S/C15H11NO3.C9H21NO5/c17-14(18)9-16-12-7-3-1-5-10(12)15(19)11-6-2-4-8-13(11)16;1-2-3-10-4-6(12)8(14)9(15)7(13)5-11/h1-8H,9H2,(H,17,18);6-15H,2-5H2,1H3/t;6-,7+,8+,9+/m.0/s1. The lowest BCUT2D eigenvalue weighted by molar-refractivity contribution is -0.137. The maximum absolute atomic E-state index is 12.4. The highest BCUT2D eigenvalue weighted by Gasteiger charge is 2.29. The molecule has 4 atom stereocenters. The molecular formula is C24H32N2O8. The largest absolute Gasteiger partial charge is 0.480 e. The number of fused-ring (bicyclic) bond motifs is 2. The van der Waals surface area contributed by atoms with Crippen molar-refractivity contribution in [2.75, 3.05) is 19.7 Å². The second-order valence-electron chi connectivity index (χ2n) is 7.85. The molecule has 0 spiro atoms. The molecule has 34 heavy (non-hydrogen) atoms. The van der Waals surface area contributed by atoms with Crippen LogP contribution in [0.3, 0.4) is 0 Å². The summed E-state index contributed by atoms with van der Waals surface area (Å²) in [6.07, 6.45) is -4.75. The second-order valence-corrected chi connectivity index (χ2v) is 7.85. The summed E-state index contributed by atoms with van der Waals surface area (Å²) in [5.74, 6) is -0.932. The number of pyridine rings is 1. The Morgan fingerprint density at radius 2 is 1.41 bits per heavy atom. The number of aromatic nitrogens is 1. The molecule has 0 aliphatic carbocycles. The van der Waals surface area contributed by atoms with Crippen LogP contribution in [0.1, 0.15) is 13.3 Å². The minimum atomic E-state index is -1.55. The van der Waals surface area contributed by atoms with Gasteiger partial charge in [0.15, 0.2) is 5.43 Å². The zero-order chi connectivity index (χ0) is 25.3. The van der Waals surface area contributed by atoms with E-state index >= 15 is 0 Å². The van der Waals surface area contributed by atoms with Gasteiger partial charge in [0.05, 0.1) is 23.7 Å². The molecule has 3 aromatic rings. The Kier molecular flexibility index (Phi) is 10.6. The van der Waals surface area contributed by atoms with Gasteiger partial charge >= 0.3 is 5.97 Å². The summed E-state index contributed by atoms with van der Waals surface area (Å²) in [6, 6.07) is 14.2. The van der Waals surface area contributed by atoms with Crippen LogP contribution in [-0.4, -0.2) is 85.3 Å². The van der Waals surface area contributed by atoms with Crippen LogP contribution in [0.2, 0.25) is 0 Å². The predicted molar refractivity (Wildman–Crippen MR) is 128 cm³/mol. The van der Waals surface area contributed by atoms with Crippen molar-refractivity contribution in [1.82, 2.24) is 9.88 Å². The zero-order valence-corrected chi connectivity index (χ0v) is 18.9. The number of rotatable bonds is 10. The highest BCUT2D eigenvalue weighted by Crippen LogP contribution is 2.18. The number of carbonyl (C=O) groups is 1. The molecule has 0 fully saturated rings. The van der Waals surface area contributed by atoms with Crippen LogP contribution in [-0.2, 0) is 11.3 Å². The van der Waals surface area contributed by atoms with Gasteiger partial charge in [0.2, 0.25) is 0 Å². The van der Waals surface area contributed by atoms with Gasteiger partial charge in [0.1, 0.15) is 24.9 Å². The molecule has 0 unspecified atom stereocenters. The molecule has 0 radical (unpaired) electrons. The van der Waals surface area contributed by atoms with Gasteiger partial charge < -0.3 is 40.5 Å². The fraction of sp³-hybridized carbons (Fsp3) is 0.417. The third-order valence-electron chi connectivity index (χ3n) is 5.28. The SMILES string of the molecule is CCCNC[C@H](O)[C@@H](O)[C@H](O)[C@H](O)CO.O=C(O)Cn1c2ccccc2c(=O)c2ccccc21. The second kappa shape index (κ2) is 13.1. The number of benzene rings is 2. The summed E-state index contributed by atoms with van der Waals surface area (Å²) in [4.78, 5) is 23.4. The number of nitrogens with zero attached hydrogens (tertiary/aromatic N) is 1. The highest BCUT2D eigenvalue weighted by atomic mass is 16.4. The van der Waals surface area contributed by atoms with Gasteiger partial charge in [-0.25, -0.2) is 0 Å². The van der Waals surface area contributed by atoms with Gasteiger partial charge in [-0.2, -0.15) is 0 Å². The number of aliphatic hydroxyl groups excluding tert-OH is 5. The first-order valence-electron chi connectivity index (χ1n) is 11.0. The van der Waals surface area contributed by atoms with Crippen LogP contribution in [0.4, 0.5) is 0 Å². The number of aliphatic hydroxyl groups is 5. The van der Waals surface area contributed by atoms with Crippen LogP contribution in [0.15, 0.2) is 53.3 Å². The van der Waals surface area contributed by atoms with Crippen LogP contribution < -0.4 is 10.7 Å². The maximum atomic E-state index is 12.4. The average Bonchev–Trinajstić information content (AvgIpc) is 2.85. The Bertz CT molecular complexity index is 1070. The first kappa shape index (κ1) is 27.4. The van der Waals surface area contributed by atoms with Crippen molar-refractivity contribution < 1.29 is 35.4 Å². The molecule has 186 valence electrons. The zero-order valence-electron chi connectivity index (χ0n) is 18.9. The summed E-state index contributed by atoms with van der Waals surface area (Å²) in [5, 5.41) is 58.6. The first-order chi connectivity index (χ1) is 16.2. The molecular weight excluding hydrogens is 444 g/mol. The number of carboxylic acid groups (broad SMARTS) is 1. The molecule has 0 amide bonds. The molecule has 0 aliphatic heterocycles. The Labute approximate surface area is 196 Å². The Morgan fingerprint density at radius 1 is 0.912 bits per heavy atom. The topological polar surface area (TPSA) is 172 Å². The molecule has 3 rings (SSSR count). The van der Waals surface area contributed by atoms with E-state index in [1.54, 1.807) is 53.1 Å². The number of carboxylic acids is 1. The number of hydrogen-bond acceptors (Lipinski definition) is 8. The van der Waals surface area contributed by atoms with E-state index in [0.29, 0.717) is 28.4 Å². The number of para-hydroxylation sites is 2. The van der Waals surface area contributed by atoms with Crippen molar-refractivity contribution in [1.29, 1.82) is 0 Å². The third-order valence-corrected chi connectivity index (χ3v) is 5.28. The molecule has 0 bridgehead atoms. The fourth-order valence-electron chi connectivity index (χ4n) is 3.49. The van der Waals surface area contributed by atoms with E-state index in [2.05, 4.69) is 5.32 Å². The van der Waals surface area contributed by atoms with E-state index in [-0.39, 0.29) is 18.5 Å². The smallest absolute Gasteiger partial charge is 0.323 e. The van der Waals surface area contributed by atoms with Gasteiger partial charge in [0.25, 0.3) is 0 Å². The van der Waals surface area contributed by atoms with E-state index in [4.69, 9.17) is 15.3 Å². The van der Waals surface area contributed by atoms with Gasteiger partial charge in [-0.3, -0.25) is 9.59 Å². The van der Waals surface area contributed by atoms with Gasteiger partial charge in [0, 0.05) is 17.3 Å². The lowest BCUT2D eigenvalue weighted by Gasteiger charge is -2.25. The molecule has 10 heteroatoms. The van der Waals surface area contributed by atoms with E-state index in [1.165, 1.54) is 0 Å². The minimum Gasteiger partial charge on any atom is -0.480 e. The monoisotopic (exact) mass is 476 g/mol. The summed E-state index contributed by atoms with van der Waals surface area (Å²) in [6.45, 7) is 1.96. The van der Waals surface area contributed by atoms with Crippen molar-refractivity contribution >= 4 is 27.8 Å². The van der Waals surface area contributed by atoms with E-state index in [1.807, 2.05) is 6.92 Å². The van der Waals surface area contributed by atoms with Crippen molar-refractivity contribution in [3.8, 4) is 0 Å². The Hall–Kier alpha value is -2.86. The van der Waals surface area contributed by atoms with Gasteiger partial charge in [-0.15, -0.1) is 0 Å². The quantitative estimate of drug-likeness (QED) is 0.153. The molecule has 1 aromatic heterocycles. The van der Waals surface area contributed by atoms with Crippen LogP contribution in [0, 0.1) is 0 Å². The van der Waals surface area contributed by atoms with Crippen molar-refractivity contribution in [3.63, 3.8) is 0 Å². The summed E-state index contributed by atoms with van der Waals surface area (Å²) < 4.78 is 1.66. The minimum absolute atomic E-state index is 0.0622. The Morgan fingerprint density at radius 3 is 1.88 bits per heavy atom. The predicted octanol–water partition coefficient (Wildman–Crippen LogP) is -0.339. The number of aliphatic carboxylic acids is 1. The van der Waals surface area contributed by atoms with Crippen LogP contribution in [0.5, 0.6) is 0 Å². The molecule has 10 nitrogen and oxygen atoms in total. The molecule has 0 saturated carbocycles. The highest BCUT2D eigenvalue weighted by molar-refractivity contribution is 5.94. The lowest BCUT2D eigenvalue weighted by atomic mass is 10.0. The van der Waals surface area contributed by atoms with Crippen LogP contribution >= 0.6 is 0 Å². The first-order valence-corrected chi connectivity index (χ1v) is 11.0. The molecule has 1 heterocycles. The van der Waals surface area contributed by atoms with Gasteiger partial charge in [-0.1, -0.05) is 31.2 Å². The van der Waals surface area contributed by atoms with Crippen molar-refractivity contribution in [2.24, 2.45) is 0 Å². The lowest BCUT2D eigenvalue weighted by Crippen LogP contribution is -2.49. The van der Waals surface area contributed by atoms with E-state index in [9.17, 15) is 24.9 Å². The van der Waals surface area contributed by atoms with Gasteiger partial charge in [-0.05, 0) is 37.2 Å². The fourth-order valence-corrected chi connectivity index (χ4v) is 3.49.